The summed E-state index contributed by atoms with van der Waals surface area (Å²) in [5, 5.41) is 0. The molecule has 0 unspecified atom stereocenters. The van der Waals surface area contributed by atoms with E-state index in [1.807, 2.05) is 24.3 Å². The maximum absolute atomic E-state index is 12.5. The SMILES string of the molecule is O=Cc1ccc(CN2CCCc3ccccc3C2=O)o1. The molecule has 3 rings (SSSR count). The van der Waals surface area contributed by atoms with Gasteiger partial charge in [-0.1, -0.05) is 18.2 Å². The number of benzene rings is 1. The van der Waals surface area contributed by atoms with Gasteiger partial charge >= 0.3 is 0 Å². The first-order valence-corrected chi connectivity index (χ1v) is 6.69. The average molecular weight is 269 g/mol. The van der Waals surface area contributed by atoms with Crippen LogP contribution >= 0.6 is 0 Å². The van der Waals surface area contributed by atoms with Crippen LogP contribution in [0.4, 0.5) is 0 Å². The minimum atomic E-state index is 0.0298. The molecule has 1 aromatic carbocycles. The molecule has 0 saturated heterocycles. The van der Waals surface area contributed by atoms with Crippen molar-refractivity contribution in [2.45, 2.75) is 19.4 Å². The van der Waals surface area contributed by atoms with Crippen LogP contribution in [0, 0.1) is 0 Å². The summed E-state index contributed by atoms with van der Waals surface area (Å²) in [6.45, 7) is 1.10. The van der Waals surface area contributed by atoms with E-state index in [0.29, 0.717) is 30.9 Å². The highest BCUT2D eigenvalue weighted by molar-refractivity contribution is 5.96. The monoisotopic (exact) mass is 269 g/mol. The molecule has 4 nitrogen and oxygen atoms in total. The molecule has 1 amide bonds. The maximum atomic E-state index is 12.5. The van der Waals surface area contributed by atoms with E-state index in [2.05, 4.69) is 0 Å². The van der Waals surface area contributed by atoms with Crippen molar-refractivity contribution in [3.05, 3.63) is 59.0 Å². The molecule has 2 aromatic rings. The highest BCUT2D eigenvalue weighted by atomic mass is 16.3. The molecule has 1 aromatic heterocycles. The Morgan fingerprint density at radius 3 is 2.85 bits per heavy atom. The summed E-state index contributed by atoms with van der Waals surface area (Å²) in [6.07, 6.45) is 2.52. The van der Waals surface area contributed by atoms with E-state index in [0.717, 1.165) is 24.0 Å². The van der Waals surface area contributed by atoms with Crippen LogP contribution in [-0.2, 0) is 13.0 Å². The Kier molecular flexibility index (Phi) is 3.37. The van der Waals surface area contributed by atoms with Crippen molar-refractivity contribution in [3.63, 3.8) is 0 Å². The van der Waals surface area contributed by atoms with Crippen molar-refractivity contribution < 1.29 is 14.0 Å². The largest absolute Gasteiger partial charge is 0.456 e. The molecule has 0 radical (unpaired) electrons. The first-order valence-electron chi connectivity index (χ1n) is 6.69. The summed E-state index contributed by atoms with van der Waals surface area (Å²) in [4.78, 5) is 24.9. The fourth-order valence-electron chi connectivity index (χ4n) is 2.56. The minimum absolute atomic E-state index is 0.0298. The molecule has 2 heterocycles. The van der Waals surface area contributed by atoms with Crippen LogP contribution in [0.25, 0.3) is 0 Å². The van der Waals surface area contributed by atoms with Gasteiger partial charge in [0.1, 0.15) is 5.76 Å². The zero-order chi connectivity index (χ0) is 13.9. The second-order valence-corrected chi connectivity index (χ2v) is 4.91. The van der Waals surface area contributed by atoms with Gasteiger partial charge in [-0.3, -0.25) is 9.59 Å². The van der Waals surface area contributed by atoms with E-state index in [-0.39, 0.29) is 5.91 Å². The van der Waals surface area contributed by atoms with E-state index in [9.17, 15) is 9.59 Å². The van der Waals surface area contributed by atoms with Crippen molar-refractivity contribution >= 4 is 12.2 Å². The van der Waals surface area contributed by atoms with Gasteiger partial charge in [0.15, 0.2) is 12.0 Å². The first-order chi connectivity index (χ1) is 9.78. The third kappa shape index (κ3) is 2.37. The zero-order valence-corrected chi connectivity index (χ0v) is 11.0. The van der Waals surface area contributed by atoms with Gasteiger partial charge in [0.05, 0.1) is 6.54 Å². The van der Waals surface area contributed by atoms with Crippen molar-refractivity contribution in [1.29, 1.82) is 0 Å². The Balaban J connectivity index is 1.83. The van der Waals surface area contributed by atoms with E-state index in [4.69, 9.17) is 4.42 Å². The summed E-state index contributed by atoms with van der Waals surface area (Å²) in [6, 6.07) is 11.1. The highest BCUT2D eigenvalue weighted by Gasteiger charge is 2.22. The fraction of sp³-hybridized carbons (Fsp3) is 0.250. The average Bonchev–Trinajstić information content (AvgIpc) is 2.87. The van der Waals surface area contributed by atoms with Gasteiger partial charge in [0.25, 0.3) is 5.91 Å². The summed E-state index contributed by atoms with van der Waals surface area (Å²) in [7, 11) is 0. The fourth-order valence-corrected chi connectivity index (χ4v) is 2.56. The summed E-state index contributed by atoms with van der Waals surface area (Å²) >= 11 is 0. The number of aldehydes is 1. The second-order valence-electron chi connectivity index (χ2n) is 4.91. The quantitative estimate of drug-likeness (QED) is 0.805. The maximum Gasteiger partial charge on any atom is 0.254 e. The minimum Gasteiger partial charge on any atom is -0.456 e. The molecule has 0 bridgehead atoms. The number of amides is 1. The first kappa shape index (κ1) is 12.7. The lowest BCUT2D eigenvalue weighted by Gasteiger charge is -2.19. The molecule has 0 saturated carbocycles. The lowest BCUT2D eigenvalue weighted by atomic mass is 10.0. The molecule has 1 aliphatic rings. The Hall–Kier alpha value is -2.36. The lowest BCUT2D eigenvalue weighted by molar-refractivity contribution is 0.0737. The third-order valence-corrected chi connectivity index (χ3v) is 3.55. The number of carbonyl (C=O) groups excluding carboxylic acids is 2. The molecule has 4 heteroatoms. The highest BCUT2D eigenvalue weighted by Crippen LogP contribution is 2.20. The van der Waals surface area contributed by atoms with Gasteiger partial charge in [0, 0.05) is 12.1 Å². The van der Waals surface area contributed by atoms with Crippen molar-refractivity contribution in [1.82, 2.24) is 4.90 Å². The molecular formula is C16H15NO3. The smallest absolute Gasteiger partial charge is 0.254 e. The Morgan fingerprint density at radius 1 is 1.20 bits per heavy atom. The number of aryl methyl sites for hydroxylation is 1. The van der Waals surface area contributed by atoms with Crippen molar-refractivity contribution in [3.8, 4) is 0 Å². The van der Waals surface area contributed by atoms with Crippen LogP contribution in [-0.4, -0.2) is 23.6 Å². The third-order valence-electron chi connectivity index (χ3n) is 3.55. The standard InChI is InChI=1S/C16H15NO3/c18-11-14-8-7-13(20-14)10-17-9-3-5-12-4-1-2-6-15(12)16(17)19/h1-2,4,6-8,11H,3,5,9-10H2. The molecule has 0 atom stereocenters. The Morgan fingerprint density at radius 2 is 2.05 bits per heavy atom. The van der Waals surface area contributed by atoms with E-state index in [1.54, 1.807) is 17.0 Å². The topological polar surface area (TPSA) is 50.5 Å². The molecule has 0 fully saturated rings. The normalized spacial score (nSPS) is 14.8. The van der Waals surface area contributed by atoms with Crippen LogP contribution in [0.5, 0.6) is 0 Å². The van der Waals surface area contributed by atoms with Gasteiger partial charge in [-0.25, -0.2) is 0 Å². The van der Waals surface area contributed by atoms with Crippen LogP contribution in [0.1, 0.15) is 38.7 Å². The van der Waals surface area contributed by atoms with Crippen LogP contribution in [0.2, 0.25) is 0 Å². The molecule has 20 heavy (non-hydrogen) atoms. The van der Waals surface area contributed by atoms with Crippen LogP contribution < -0.4 is 0 Å². The summed E-state index contributed by atoms with van der Waals surface area (Å²) < 4.78 is 5.35. The van der Waals surface area contributed by atoms with Crippen LogP contribution in [0.3, 0.4) is 0 Å². The van der Waals surface area contributed by atoms with E-state index in [1.165, 1.54) is 0 Å². The Bertz CT molecular complexity index is 645. The molecule has 1 aliphatic heterocycles. The molecular weight excluding hydrogens is 254 g/mol. The summed E-state index contributed by atoms with van der Waals surface area (Å²) in [5.74, 6) is 0.963. The van der Waals surface area contributed by atoms with Crippen molar-refractivity contribution in [2.75, 3.05) is 6.54 Å². The number of rotatable bonds is 3. The molecule has 0 aliphatic carbocycles. The molecule has 0 N–H and O–H groups in total. The van der Waals surface area contributed by atoms with Gasteiger partial charge in [-0.15, -0.1) is 0 Å². The summed E-state index contributed by atoms with van der Waals surface area (Å²) in [5.41, 5.74) is 1.88. The van der Waals surface area contributed by atoms with E-state index < -0.39 is 0 Å². The zero-order valence-electron chi connectivity index (χ0n) is 11.0. The lowest BCUT2D eigenvalue weighted by Crippen LogP contribution is -2.30. The molecule has 0 spiro atoms. The van der Waals surface area contributed by atoms with Crippen molar-refractivity contribution in [2.24, 2.45) is 0 Å². The number of hydrogen-bond acceptors (Lipinski definition) is 3. The number of nitrogens with zero attached hydrogens (tertiary/aromatic N) is 1. The number of carbonyl (C=O) groups is 2. The molecule has 102 valence electrons. The van der Waals surface area contributed by atoms with Gasteiger partial charge in [-0.05, 0) is 36.6 Å². The predicted octanol–water partition coefficient (Wildman–Crippen LogP) is 2.68. The van der Waals surface area contributed by atoms with E-state index >= 15 is 0 Å². The predicted molar refractivity (Wildman–Crippen MR) is 73.6 cm³/mol. The van der Waals surface area contributed by atoms with Gasteiger partial charge < -0.3 is 9.32 Å². The van der Waals surface area contributed by atoms with Gasteiger partial charge in [0.2, 0.25) is 0 Å². The second kappa shape index (κ2) is 5.33. The number of furan rings is 1. The number of fused-ring (bicyclic) bond motifs is 1. The van der Waals surface area contributed by atoms with Crippen LogP contribution in [0.15, 0.2) is 40.8 Å². The van der Waals surface area contributed by atoms with Gasteiger partial charge in [-0.2, -0.15) is 0 Å². The number of hydrogen-bond donors (Lipinski definition) is 0. The Labute approximate surface area is 117 Å².